The number of hydrogen-bond acceptors (Lipinski definition) is 5. The summed E-state index contributed by atoms with van der Waals surface area (Å²) >= 11 is 0. The van der Waals surface area contributed by atoms with Gasteiger partial charge >= 0.3 is 0 Å². The number of carbonyl (C=O) groups is 1. The van der Waals surface area contributed by atoms with Crippen LogP contribution >= 0.6 is 0 Å². The van der Waals surface area contributed by atoms with Crippen molar-refractivity contribution >= 4 is 17.1 Å². The lowest BCUT2D eigenvalue weighted by Gasteiger charge is -2.37. The van der Waals surface area contributed by atoms with Gasteiger partial charge in [-0.25, -0.2) is 0 Å². The smallest absolute Gasteiger partial charge is 0.256 e. The van der Waals surface area contributed by atoms with Crippen LogP contribution in [0.1, 0.15) is 55.6 Å². The van der Waals surface area contributed by atoms with E-state index in [0.29, 0.717) is 24.4 Å². The molecule has 31 heavy (non-hydrogen) atoms. The molecule has 0 fully saturated rings. The summed E-state index contributed by atoms with van der Waals surface area (Å²) < 4.78 is 5.79. The van der Waals surface area contributed by atoms with E-state index in [0.717, 1.165) is 40.9 Å². The first-order valence-electron chi connectivity index (χ1n) is 10.6. The summed E-state index contributed by atoms with van der Waals surface area (Å²) in [4.78, 5) is 13.3. The van der Waals surface area contributed by atoms with Crippen molar-refractivity contribution in [2.75, 3.05) is 6.61 Å². The molecule has 0 saturated heterocycles. The third kappa shape index (κ3) is 4.35. The Morgan fingerprint density at radius 1 is 1.10 bits per heavy atom. The summed E-state index contributed by atoms with van der Waals surface area (Å²) in [6.07, 6.45) is 2.72. The summed E-state index contributed by atoms with van der Waals surface area (Å²) in [6.45, 7) is 6.93. The molecule has 1 aliphatic rings. The van der Waals surface area contributed by atoms with Crippen molar-refractivity contribution in [3.05, 3.63) is 71.0 Å². The number of ether oxygens (including phenoxy) is 1. The van der Waals surface area contributed by atoms with Crippen molar-refractivity contribution in [2.24, 2.45) is 0 Å². The standard InChI is InChI=1S/C24H27N5O2/c1-4-5-14-31-19-12-10-18(11-13-19)24(3)15-20(17-8-6-16(2)7-9-17)21(23(30)25-24)22-26-28-29-27-22/h6-13H,4-5,14-15H2,1-3H3,(H,25,30)(H,26,27,28,29)/t24-/m1/s1. The highest BCUT2D eigenvalue weighted by Gasteiger charge is 2.39. The Kier molecular flexibility index (Phi) is 5.84. The maximum atomic E-state index is 13.3. The molecule has 0 bridgehead atoms. The summed E-state index contributed by atoms with van der Waals surface area (Å²) in [5.74, 6) is 0.925. The van der Waals surface area contributed by atoms with Crippen molar-refractivity contribution < 1.29 is 9.53 Å². The first-order chi connectivity index (χ1) is 15.0. The van der Waals surface area contributed by atoms with Crippen LogP contribution in [0.5, 0.6) is 5.75 Å². The van der Waals surface area contributed by atoms with Gasteiger partial charge in [-0.15, -0.1) is 10.2 Å². The normalized spacial score (nSPS) is 18.7. The minimum atomic E-state index is -0.577. The van der Waals surface area contributed by atoms with Crippen LogP contribution in [0.2, 0.25) is 0 Å². The zero-order chi connectivity index (χ0) is 21.8. The number of unbranched alkanes of at least 4 members (excludes halogenated alkanes) is 1. The van der Waals surface area contributed by atoms with Gasteiger partial charge in [0, 0.05) is 6.42 Å². The van der Waals surface area contributed by atoms with Crippen molar-refractivity contribution in [1.29, 1.82) is 0 Å². The van der Waals surface area contributed by atoms with Gasteiger partial charge < -0.3 is 10.1 Å². The molecule has 2 N–H and O–H groups in total. The molecule has 4 rings (SSSR count). The minimum absolute atomic E-state index is 0.214. The number of aromatic nitrogens is 4. The number of nitrogens with zero attached hydrogens (tertiary/aromatic N) is 3. The molecule has 0 saturated carbocycles. The van der Waals surface area contributed by atoms with E-state index in [9.17, 15) is 4.79 Å². The van der Waals surface area contributed by atoms with Gasteiger partial charge in [0.2, 0.25) is 5.82 Å². The average molecular weight is 418 g/mol. The second-order valence-corrected chi connectivity index (χ2v) is 8.14. The fourth-order valence-electron chi connectivity index (χ4n) is 3.87. The maximum Gasteiger partial charge on any atom is 0.256 e. The van der Waals surface area contributed by atoms with E-state index in [-0.39, 0.29) is 5.91 Å². The zero-order valence-corrected chi connectivity index (χ0v) is 18.1. The van der Waals surface area contributed by atoms with Crippen molar-refractivity contribution in [3.63, 3.8) is 0 Å². The van der Waals surface area contributed by atoms with Gasteiger partial charge in [0.05, 0.1) is 17.7 Å². The van der Waals surface area contributed by atoms with Crippen LogP contribution in [-0.2, 0) is 10.3 Å². The van der Waals surface area contributed by atoms with E-state index in [2.05, 4.69) is 32.9 Å². The fourth-order valence-corrected chi connectivity index (χ4v) is 3.87. The van der Waals surface area contributed by atoms with Crippen LogP contribution in [-0.4, -0.2) is 33.1 Å². The van der Waals surface area contributed by atoms with Crippen LogP contribution in [0.4, 0.5) is 0 Å². The molecule has 1 aliphatic heterocycles. The van der Waals surface area contributed by atoms with Gasteiger partial charge in [-0.1, -0.05) is 55.3 Å². The second-order valence-electron chi connectivity index (χ2n) is 8.14. The average Bonchev–Trinajstić information content (AvgIpc) is 3.29. The van der Waals surface area contributed by atoms with E-state index in [1.807, 2.05) is 62.4 Å². The molecule has 0 unspecified atom stereocenters. The van der Waals surface area contributed by atoms with E-state index in [1.54, 1.807) is 0 Å². The van der Waals surface area contributed by atoms with Gasteiger partial charge in [-0.3, -0.25) is 4.79 Å². The number of aromatic amines is 1. The molecule has 2 heterocycles. The molecular formula is C24H27N5O2. The summed E-state index contributed by atoms with van der Waals surface area (Å²) in [5, 5.41) is 17.4. The van der Waals surface area contributed by atoms with Gasteiger partial charge in [0.1, 0.15) is 5.75 Å². The first kappa shape index (κ1) is 20.8. The van der Waals surface area contributed by atoms with Crippen LogP contribution in [0.15, 0.2) is 48.5 Å². The monoisotopic (exact) mass is 417 g/mol. The Balaban J connectivity index is 1.70. The fraction of sp³-hybridized carbons (Fsp3) is 0.333. The van der Waals surface area contributed by atoms with Crippen molar-refractivity contribution in [2.45, 2.75) is 45.6 Å². The Bertz CT molecular complexity index is 1070. The summed E-state index contributed by atoms with van der Waals surface area (Å²) in [7, 11) is 0. The lowest BCUT2D eigenvalue weighted by atomic mass is 9.78. The summed E-state index contributed by atoms with van der Waals surface area (Å²) in [6, 6.07) is 16.1. The third-order valence-electron chi connectivity index (χ3n) is 5.68. The van der Waals surface area contributed by atoms with Crippen LogP contribution in [0, 0.1) is 6.92 Å². The predicted molar refractivity (Wildman–Crippen MR) is 119 cm³/mol. The third-order valence-corrected chi connectivity index (χ3v) is 5.68. The van der Waals surface area contributed by atoms with Crippen LogP contribution in [0.25, 0.3) is 11.1 Å². The Hall–Kier alpha value is -3.48. The number of aryl methyl sites for hydroxylation is 1. The van der Waals surface area contributed by atoms with Crippen LogP contribution < -0.4 is 10.1 Å². The number of amides is 1. The molecule has 7 nitrogen and oxygen atoms in total. The molecule has 0 spiro atoms. The number of tetrazole rings is 1. The largest absolute Gasteiger partial charge is 0.494 e. The maximum absolute atomic E-state index is 13.3. The number of H-pyrrole nitrogens is 1. The van der Waals surface area contributed by atoms with Crippen molar-refractivity contribution in [1.82, 2.24) is 25.9 Å². The van der Waals surface area contributed by atoms with E-state index in [1.165, 1.54) is 0 Å². The number of benzene rings is 2. The van der Waals surface area contributed by atoms with Gasteiger partial charge in [-0.2, -0.15) is 5.21 Å². The van der Waals surface area contributed by atoms with E-state index < -0.39 is 5.54 Å². The quantitative estimate of drug-likeness (QED) is 0.566. The lowest BCUT2D eigenvalue weighted by molar-refractivity contribution is -0.117. The Morgan fingerprint density at radius 2 is 1.84 bits per heavy atom. The molecule has 1 atom stereocenters. The molecular weight excluding hydrogens is 390 g/mol. The molecule has 1 amide bonds. The molecule has 160 valence electrons. The number of carbonyl (C=O) groups excluding carboxylic acids is 1. The molecule has 3 aromatic rings. The molecule has 0 radical (unpaired) electrons. The van der Waals surface area contributed by atoms with E-state index in [4.69, 9.17) is 4.74 Å². The lowest BCUT2D eigenvalue weighted by Crippen LogP contribution is -2.47. The summed E-state index contributed by atoms with van der Waals surface area (Å²) in [5.41, 5.74) is 3.93. The highest BCUT2D eigenvalue weighted by atomic mass is 16.5. The highest BCUT2D eigenvalue weighted by Crippen LogP contribution is 2.41. The Labute approximate surface area is 181 Å². The SMILES string of the molecule is CCCCOc1ccc([C@@]2(C)CC(c3ccc(C)cc3)=C(c3nn[nH]n3)C(=O)N2)cc1. The number of rotatable bonds is 7. The van der Waals surface area contributed by atoms with E-state index >= 15 is 0 Å². The second kappa shape index (κ2) is 8.71. The van der Waals surface area contributed by atoms with Gasteiger partial charge in [-0.05, 0) is 54.3 Å². The first-order valence-corrected chi connectivity index (χ1v) is 10.6. The molecule has 7 heteroatoms. The number of nitrogens with one attached hydrogen (secondary N) is 2. The molecule has 2 aromatic carbocycles. The van der Waals surface area contributed by atoms with Gasteiger partial charge in [0.25, 0.3) is 5.91 Å². The number of hydrogen-bond donors (Lipinski definition) is 2. The van der Waals surface area contributed by atoms with Crippen molar-refractivity contribution in [3.8, 4) is 5.75 Å². The highest BCUT2D eigenvalue weighted by molar-refractivity contribution is 6.27. The molecule has 1 aromatic heterocycles. The zero-order valence-electron chi connectivity index (χ0n) is 18.1. The van der Waals surface area contributed by atoms with Crippen LogP contribution in [0.3, 0.4) is 0 Å². The minimum Gasteiger partial charge on any atom is -0.494 e. The molecule has 0 aliphatic carbocycles. The predicted octanol–water partition coefficient (Wildman–Crippen LogP) is 4.03. The Morgan fingerprint density at radius 3 is 2.48 bits per heavy atom. The van der Waals surface area contributed by atoms with Gasteiger partial charge in [0.15, 0.2) is 0 Å². The topological polar surface area (TPSA) is 92.8 Å².